The Balaban J connectivity index is -0.000000194. The molecule has 3 unspecified atom stereocenters. The highest BCUT2D eigenvalue weighted by atomic mass is 16.6. The van der Waals surface area contributed by atoms with Crippen LogP contribution in [0.15, 0.2) is 24.3 Å². The zero-order chi connectivity index (χ0) is 43.3. The highest BCUT2D eigenvalue weighted by Gasteiger charge is 2.09. The van der Waals surface area contributed by atoms with Gasteiger partial charge in [0.15, 0.2) is 0 Å². The molecule has 0 aromatic heterocycles. The van der Waals surface area contributed by atoms with E-state index in [0.29, 0.717) is 52.9 Å². The summed E-state index contributed by atoms with van der Waals surface area (Å²) in [6.07, 6.45) is 9.44. The molecule has 0 heterocycles. The van der Waals surface area contributed by atoms with Gasteiger partial charge in [-0.1, -0.05) is 53.4 Å². The molecule has 56 heavy (non-hydrogen) atoms. The molecule has 0 amide bonds. The Morgan fingerprint density at radius 2 is 0.804 bits per heavy atom. The van der Waals surface area contributed by atoms with Crippen LogP contribution in [-0.4, -0.2) is 162 Å². The number of hydrogen-bond donors (Lipinski definition) is 6. The summed E-state index contributed by atoms with van der Waals surface area (Å²) in [5.41, 5.74) is 0. The molecule has 0 spiro atoms. The Morgan fingerprint density at radius 1 is 0.446 bits per heavy atom. The van der Waals surface area contributed by atoms with Gasteiger partial charge >= 0.3 is 0 Å². The molecule has 3 atom stereocenters. The molecule has 0 fully saturated rings. The van der Waals surface area contributed by atoms with Gasteiger partial charge in [-0.3, -0.25) is 0 Å². The Morgan fingerprint density at radius 3 is 1.16 bits per heavy atom. The number of phenols is 2. The monoisotopic (exact) mass is 817 g/mol. The first-order valence-corrected chi connectivity index (χ1v) is 20.6. The summed E-state index contributed by atoms with van der Waals surface area (Å²) in [5.74, 6) is 0.339. The summed E-state index contributed by atoms with van der Waals surface area (Å²) in [5, 5.41) is 50.6. The first kappa shape index (κ1) is 63.5. The number of aliphatic hydroxyl groups excluding tert-OH is 4. The van der Waals surface area contributed by atoms with Gasteiger partial charge in [0.2, 0.25) is 0 Å². The van der Waals surface area contributed by atoms with Crippen molar-refractivity contribution in [3.8, 4) is 11.5 Å². The molecule has 1 aromatic carbocycles. The average Bonchev–Trinajstić information content (AvgIpc) is 3.21. The lowest BCUT2D eigenvalue weighted by atomic mass is 10.3. The molecule has 0 bridgehead atoms. The standard InChI is InChI=1S/C13H28O4.C8H18O.C6H6O2.C6H14O2.C5H12O3.C4H10O2/c1-5-6-7-15-12(3)9-17-13(4)10-16-11(2)8-14;1-3-5-7-9-8-6-4-2;7-5-1-2-6(8)4-3-5;1-2-3-5-8-6-4-7;1-7-4-5-8-3-2-6;1-2-6-4-3-5/h11-14H,5-10H2,1-4H3;3-8H2,1-2H3;1-4,7-8H;7H,2-6H2,1H3;6H,2-5H2,1H3;5H,2-4H2,1H3. The van der Waals surface area contributed by atoms with Crippen molar-refractivity contribution in [1.29, 1.82) is 0 Å². The number of benzene rings is 1. The van der Waals surface area contributed by atoms with Crippen molar-refractivity contribution in [1.82, 2.24) is 0 Å². The summed E-state index contributed by atoms with van der Waals surface area (Å²) >= 11 is 0. The van der Waals surface area contributed by atoms with E-state index in [1.807, 2.05) is 27.7 Å². The zero-order valence-corrected chi connectivity index (χ0v) is 37.0. The van der Waals surface area contributed by atoms with Gasteiger partial charge in [-0.2, -0.15) is 0 Å². The van der Waals surface area contributed by atoms with E-state index in [1.165, 1.54) is 49.9 Å². The SMILES string of the molecule is CCCCOC(C)COC(C)COC(C)CO.CCCCOCCCC.CCCCOCCO.CCOCCO.COCCOCCO.Oc1ccc(O)cc1. The van der Waals surface area contributed by atoms with Gasteiger partial charge in [0.1, 0.15) is 11.5 Å². The number of unbranched alkanes of at least 4 members (excludes halogenated alkanes) is 4. The van der Waals surface area contributed by atoms with Crippen molar-refractivity contribution in [2.75, 3.05) is 113 Å². The van der Waals surface area contributed by atoms with Crippen LogP contribution >= 0.6 is 0 Å². The normalized spacial score (nSPS) is 11.7. The van der Waals surface area contributed by atoms with Crippen LogP contribution in [0.2, 0.25) is 0 Å². The molecule has 1 aromatic rings. The molecule has 0 aliphatic carbocycles. The summed E-state index contributed by atoms with van der Waals surface area (Å²) < 4.78 is 41.1. The van der Waals surface area contributed by atoms with Crippen molar-refractivity contribution in [2.45, 2.75) is 125 Å². The zero-order valence-electron chi connectivity index (χ0n) is 37.0. The lowest BCUT2D eigenvalue weighted by Crippen LogP contribution is -2.26. The molecule has 0 aliphatic rings. The van der Waals surface area contributed by atoms with Gasteiger partial charge < -0.3 is 68.5 Å². The maximum absolute atomic E-state index is 8.80. The van der Waals surface area contributed by atoms with Crippen LogP contribution in [0.5, 0.6) is 11.5 Å². The van der Waals surface area contributed by atoms with Crippen LogP contribution in [0.25, 0.3) is 0 Å². The van der Waals surface area contributed by atoms with Gasteiger partial charge in [-0.25, -0.2) is 0 Å². The van der Waals surface area contributed by atoms with Gasteiger partial charge in [0.25, 0.3) is 0 Å². The third-order valence-electron chi connectivity index (χ3n) is 6.51. The van der Waals surface area contributed by atoms with E-state index in [-0.39, 0.29) is 56.2 Å². The molecule has 0 saturated carbocycles. The third-order valence-corrected chi connectivity index (χ3v) is 6.51. The lowest BCUT2D eigenvalue weighted by Gasteiger charge is -2.19. The van der Waals surface area contributed by atoms with Crippen molar-refractivity contribution in [3.05, 3.63) is 24.3 Å². The molecular weight excluding hydrogens is 728 g/mol. The number of methoxy groups -OCH3 is 1. The fourth-order valence-corrected chi connectivity index (χ4v) is 3.16. The minimum Gasteiger partial charge on any atom is -0.508 e. The van der Waals surface area contributed by atoms with Crippen molar-refractivity contribution in [3.63, 3.8) is 0 Å². The smallest absolute Gasteiger partial charge is 0.115 e. The largest absolute Gasteiger partial charge is 0.508 e. The van der Waals surface area contributed by atoms with E-state index < -0.39 is 0 Å². The summed E-state index contributed by atoms with van der Waals surface area (Å²) in [6, 6.07) is 5.70. The van der Waals surface area contributed by atoms with Crippen molar-refractivity contribution >= 4 is 0 Å². The van der Waals surface area contributed by atoms with E-state index >= 15 is 0 Å². The maximum Gasteiger partial charge on any atom is 0.115 e. The second-order valence-electron chi connectivity index (χ2n) is 12.3. The van der Waals surface area contributed by atoms with E-state index in [2.05, 4.69) is 32.4 Å². The molecule has 1 rings (SSSR count). The van der Waals surface area contributed by atoms with E-state index in [4.69, 9.17) is 63.8 Å². The van der Waals surface area contributed by atoms with Gasteiger partial charge in [0.05, 0.1) is 91.0 Å². The molecule has 0 aliphatic heterocycles. The fraction of sp³-hybridized carbons (Fsp3) is 0.857. The fourth-order valence-electron chi connectivity index (χ4n) is 3.16. The molecular formula is C42H88O14. The van der Waals surface area contributed by atoms with Crippen LogP contribution in [0, 0.1) is 0 Å². The van der Waals surface area contributed by atoms with E-state index in [0.717, 1.165) is 52.1 Å². The molecule has 6 N–H and O–H groups in total. The third kappa shape index (κ3) is 70.2. The molecule has 14 nitrogen and oxygen atoms in total. The highest BCUT2D eigenvalue weighted by molar-refractivity contribution is 5.28. The minimum absolute atomic E-state index is 0.0289. The summed E-state index contributed by atoms with van der Waals surface area (Å²) in [7, 11) is 1.61. The molecule has 14 heteroatoms. The first-order valence-electron chi connectivity index (χ1n) is 20.6. The highest BCUT2D eigenvalue weighted by Crippen LogP contribution is 2.13. The van der Waals surface area contributed by atoms with Crippen molar-refractivity contribution in [2.24, 2.45) is 0 Å². The number of aromatic hydroxyl groups is 2. The minimum atomic E-state index is -0.126. The number of aliphatic hydroxyl groups is 4. The first-order chi connectivity index (χ1) is 27.0. The van der Waals surface area contributed by atoms with Gasteiger partial charge in [0, 0.05) is 40.1 Å². The number of ether oxygens (including phenoxy) is 8. The second-order valence-corrected chi connectivity index (χ2v) is 12.3. The molecule has 0 radical (unpaired) electrons. The Hall–Kier alpha value is -1.66. The Bertz CT molecular complexity index is 706. The Kier molecular flexibility index (Phi) is 68.1. The lowest BCUT2D eigenvalue weighted by molar-refractivity contribution is -0.0745. The topological polar surface area (TPSA) is 195 Å². The predicted molar refractivity (Wildman–Crippen MR) is 225 cm³/mol. The predicted octanol–water partition coefficient (Wildman–Crippen LogP) is 6.15. The quantitative estimate of drug-likeness (QED) is 0.0382. The summed E-state index contributed by atoms with van der Waals surface area (Å²) in [4.78, 5) is 0. The number of hydrogen-bond acceptors (Lipinski definition) is 14. The second kappa shape index (κ2) is 60.0. The average molecular weight is 817 g/mol. The van der Waals surface area contributed by atoms with E-state index in [1.54, 1.807) is 7.11 Å². The van der Waals surface area contributed by atoms with Crippen LogP contribution in [0.3, 0.4) is 0 Å². The Labute approximate surface area is 341 Å². The van der Waals surface area contributed by atoms with Crippen LogP contribution in [0.4, 0.5) is 0 Å². The van der Waals surface area contributed by atoms with Crippen LogP contribution in [0.1, 0.15) is 107 Å². The van der Waals surface area contributed by atoms with Gasteiger partial charge in [-0.05, 0) is 77.6 Å². The van der Waals surface area contributed by atoms with Crippen molar-refractivity contribution < 1.29 is 68.5 Å². The maximum atomic E-state index is 8.80. The van der Waals surface area contributed by atoms with Gasteiger partial charge in [-0.15, -0.1) is 0 Å². The van der Waals surface area contributed by atoms with E-state index in [9.17, 15) is 0 Å². The number of phenolic OH excluding ortho intramolecular Hbond substituents is 2. The molecule has 0 saturated heterocycles. The number of rotatable bonds is 30. The summed E-state index contributed by atoms with van der Waals surface area (Å²) in [6.45, 7) is 24.5. The molecule has 340 valence electrons. The van der Waals surface area contributed by atoms with Crippen LogP contribution in [-0.2, 0) is 37.9 Å². The van der Waals surface area contributed by atoms with Crippen LogP contribution < -0.4 is 0 Å².